The lowest BCUT2D eigenvalue weighted by atomic mass is 10.1. The Bertz CT molecular complexity index is 1170. The Kier molecular flexibility index (Phi) is 6.17. The van der Waals surface area contributed by atoms with Crippen LogP contribution in [-0.4, -0.2) is 27.3 Å². The van der Waals surface area contributed by atoms with Crippen LogP contribution in [0.4, 0.5) is 11.4 Å². The summed E-state index contributed by atoms with van der Waals surface area (Å²) in [7, 11) is -2.23. The van der Waals surface area contributed by atoms with Crippen LogP contribution in [0.5, 0.6) is 0 Å². The molecule has 0 aliphatic heterocycles. The van der Waals surface area contributed by atoms with Gasteiger partial charge in [0.05, 0.1) is 4.90 Å². The van der Waals surface area contributed by atoms with Gasteiger partial charge in [0.2, 0.25) is 0 Å². The molecule has 0 spiro atoms. The van der Waals surface area contributed by atoms with E-state index in [-0.39, 0.29) is 10.8 Å². The second-order valence-electron chi connectivity index (χ2n) is 6.51. The Morgan fingerprint density at radius 2 is 1.47 bits per heavy atom. The maximum absolute atomic E-state index is 12.6. The second kappa shape index (κ2) is 8.79. The second-order valence-corrected chi connectivity index (χ2v) is 8.19. The molecule has 2 amide bonds. The van der Waals surface area contributed by atoms with E-state index in [2.05, 4.69) is 15.4 Å². The highest BCUT2D eigenvalue weighted by molar-refractivity contribution is 7.92. The molecule has 3 aromatic carbocycles. The number of sulfonamides is 1. The van der Waals surface area contributed by atoms with E-state index in [0.717, 1.165) is 0 Å². The zero-order chi connectivity index (χ0) is 21.7. The fraction of sp³-hybridized carbons (Fsp3) is 0.0909. The van der Waals surface area contributed by atoms with Crippen LogP contribution in [0.3, 0.4) is 0 Å². The van der Waals surface area contributed by atoms with Crippen molar-refractivity contribution >= 4 is 33.2 Å². The molecule has 0 aromatic heterocycles. The third-order valence-electron chi connectivity index (χ3n) is 4.51. The van der Waals surface area contributed by atoms with Crippen LogP contribution in [0.15, 0.2) is 77.7 Å². The molecule has 0 unspecified atom stereocenters. The van der Waals surface area contributed by atoms with E-state index in [1.54, 1.807) is 55.5 Å². The predicted molar refractivity (Wildman–Crippen MR) is 116 cm³/mol. The first-order chi connectivity index (χ1) is 14.3. The number of rotatable bonds is 6. The minimum absolute atomic E-state index is 0.0423. The summed E-state index contributed by atoms with van der Waals surface area (Å²) in [6.45, 7) is 1.74. The monoisotopic (exact) mass is 423 g/mol. The molecule has 0 fully saturated rings. The van der Waals surface area contributed by atoms with Gasteiger partial charge in [-0.25, -0.2) is 8.42 Å². The van der Waals surface area contributed by atoms with E-state index in [0.29, 0.717) is 28.1 Å². The lowest BCUT2D eigenvalue weighted by Crippen LogP contribution is -2.20. The first-order valence-corrected chi connectivity index (χ1v) is 10.6. The Morgan fingerprint density at radius 1 is 0.800 bits per heavy atom. The fourth-order valence-corrected chi connectivity index (χ4v) is 3.91. The van der Waals surface area contributed by atoms with Gasteiger partial charge < -0.3 is 10.6 Å². The first kappa shape index (κ1) is 21.1. The molecular weight excluding hydrogens is 402 g/mol. The number of hydrogen-bond donors (Lipinski definition) is 3. The number of hydrogen-bond acceptors (Lipinski definition) is 4. The standard InChI is InChI=1S/C22H21N3O4S/c1-15-19(22(27)23-2)9-6-10-20(15)24-21(26)16-11-13-18(14-12-16)30(28,29)25-17-7-4-3-5-8-17/h3-14,25H,1-2H3,(H,23,27)(H,24,26). The van der Waals surface area contributed by atoms with Gasteiger partial charge in [0.15, 0.2) is 0 Å². The Hall–Kier alpha value is -3.65. The van der Waals surface area contributed by atoms with Crippen molar-refractivity contribution in [3.63, 3.8) is 0 Å². The maximum Gasteiger partial charge on any atom is 0.261 e. The molecule has 3 aromatic rings. The average Bonchev–Trinajstić information content (AvgIpc) is 2.75. The molecule has 7 nitrogen and oxygen atoms in total. The summed E-state index contributed by atoms with van der Waals surface area (Å²) in [6, 6.07) is 19.2. The molecule has 0 aliphatic carbocycles. The van der Waals surface area contributed by atoms with Crippen molar-refractivity contribution in [3.8, 4) is 0 Å². The molecule has 3 N–H and O–H groups in total. The van der Waals surface area contributed by atoms with Gasteiger partial charge >= 0.3 is 0 Å². The average molecular weight is 423 g/mol. The van der Waals surface area contributed by atoms with E-state index in [1.807, 2.05) is 0 Å². The first-order valence-electron chi connectivity index (χ1n) is 9.13. The van der Waals surface area contributed by atoms with E-state index in [9.17, 15) is 18.0 Å². The van der Waals surface area contributed by atoms with Crippen molar-refractivity contribution in [2.75, 3.05) is 17.1 Å². The van der Waals surface area contributed by atoms with E-state index < -0.39 is 15.9 Å². The van der Waals surface area contributed by atoms with Gasteiger partial charge in [0.25, 0.3) is 21.8 Å². The molecule has 0 radical (unpaired) electrons. The zero-order valence-electron chi connectivity index (χ0n) is 16.5. The lowest BCUT2D eigenvalue weighted by molar-refractivity contribution is 0.0960. The molecule has 0 aliphatic rings. The molecule has 8 heteroatoms. The summed E-state index contributed by atoms with van der Waals surface area (Å²) in [5.74, 6) is -0.656. The van der Waals surface area contributed by atoms with Gasteiger partial charge in [0.1, 0.15) is 0 Å². The summed E-state index contributed by atoms with van der Waals surface area (Å²) in [6.07, 6.45) is 0. The van der Waals surface area contributed by atoms with Gasteiger partial charge in [-0.05, 0) is 61.0 Å². The van der Waals surface area contributed by atoms with Crippen LogP contribution in [0, 0.1) is 6.92 Å². The number of carbonyl (C=O) groups is 2. The SMILES string of the molecule is CNC(=O)c1cccc(NC(=O)c2ccc(S(=O)(=O)Nc3ccccc3)cc2)c1C. The van der Waals surface area contributed by atoms with Crippen molar-refractivity contribution < 1.29 is 18.0 Å². The molecular formula is C22H21N3O4S. The molecule has 0 saturated carbocycles. The number of amides is 2. The van der Waals surface area contributed by atoms with E-state index in [1.165, 1.54) is 31.3 Å². The van der Waals surface area contributed by atoms with Crippen molar-refractivity contribution in [2.24, 2.45) is 0 Å². The van der Waals surface area contributed by atoms with Gasteiger partial charge in [-0.15, -0.1) is 0 Å². The quantitative estimate of drug-likeness (QED) is 0.565. The highest BCUT2D eigenvalue weighted by Crippen LogP contribution is 2.21. The van der Waals surface area contributed by atoms with Crippen molar-refractivity contribution in [2.45, 2.75) is 11.8 Å². The Balaban J connectivity index is 1.77. The topological polar surface area (TPSA) is 104 Å². The number of benzene rings is 3. The summed E-state index contributed by atoms with van der Waals surface area (Å²) < 4.78 is 27.5. The number of nitrogens with one attached hydrogen (secondary N) is 3. The number of anilines is 2. The molecule has 0 heterocycles. The highest BCUT2D eigenvalue weighted by atomic mass is 32.2. The lowest BCUT2D eigenvalue weighted by Gasteiger charge is -2.12. The van der Waals surface area contributed by atoms with Crippen molar-refractivity contribution in [3.05, 3.63) is 89.5 Å². The summed E-state index contributed by atoms with van der Waals surface area (Å²) in [5.41, 5.74) is 2.34. The van der Waals surface area contributed by atoms with Crippen LogP contribution >= 0.6 is 0 Å². The molecule has 154 valence electrons. The van der Waals surface area contributed by atoms with E-state index in [4.69, 9.17) is 0 Å². The number of carbonyl (C=O) groups excluding carboxylic acids is 2. The Labute approximate surface area is 175 Å². The van der Waals surface area contributed by atoms with Crippen molar-refractivity contribution in [1.82, 2.24) is 5.32 Å². The largest absolute Gasteiger partial charge is 0.355 e. The van der Waals surface area contributed by atoms with Crippen LogP contribution in [0.25, 0.3) is 0 Å². The summed E-state index contributed by atoms with van der Waals surface area (Å²) in [4.78, 5) is 24.6. The molecule has 0 saturated heterocycles. The van der Waals surface area contributed by atoms with Crippen LogP contribution in [0.2, 0.25) is 0 Å². The van der Waals surface area contributed by atoms with Crippen LogP contribution < -0.4 is 15.4 Å². The van der Waals surface area contributed by atoms with Crippen molar-refractivity contribution in [1.29, 1.82) is 0 Å². The minimum atomic E-state index is -3.77. The normalized spacial score (nSPS) is 10.9. The fourth-order valence-electron chi connectivity index (χ4n) is 2.85. The van der Waals surface area contributed by atoms with Gasteiger partial charge in [0, 0.05) is 29.5 Å². The maximum atomic E-state index is 12.6. The zero-order valence-corrected chi connectivity index (χ0v) is 17.3. The van der Waals surface area contributed by atoms with Gasteiger partial charge in [-0.1, -0.05) is 24.3 Å². The third kappa shape index (κ3) is 4.66. The Morgan fingerprint density at radius 3 is 2.10 bits per heavy atom. The molecule has 0 bridgehead atoms. The van der Waals surface area contributed by atoms with Gasteiger partial charge in [-0.2, -0.15) is 0 Å². The summed E-state index contributed by atoms with van der Waals surface area (Å²) in [5, 5.41) is 5.32. The van der Waals surface area contributed by atoms with E-state index >= 15 is 0 Å². The van der Waals surface area contributed by atoms with Crippen LogP contribution in [0.1, 0.15) is 26.3 Å². The van der Waals surface area contributed by atoms with Gasteiger partial charge in [-0.3, -0.25) is 14.3 Å². The number of para-hydroxylation sites is 1. The molecule has 0 atom stereocenters. The third-order valence-corrected chi connectivity index (χ3v) is 5.90. The van der Waals surface area contributed by atoms with Crippen LogP contribution in [-0.2, 0) is 10.0 Å². The molecule has 30 heavy (non-hydrogen) atoms. The summed E-state index contributed by atoms with van der Waals surface area (Å²) >= 11 is 0. The predicted octanol–water partition coefficient (Wildman–Crippen LogP) is 3.41. The minimum Gasteiger partial charge on any atom is -0.355 e. The molecule has 3 rings (SSSR count). The smallest absolute Gasteiger partial charge is 0.261 e. The highest BCUT2D eigenvalue weighted by Gasteiger charge is 2.16.